The lowest BCUT2D eigenvalue weighted by molar-refractivity contribution is -0.335. The van der Waals surface area contributed by atoms with Crippen molar-refractivity contribution in [3.8, 4) is 0 Å². The number of esters is 1. The van der Waals surface area contributed by atoms with Crippen LogP contribution in [-0.4, -0.2) is 156 Å². The van der Waals surface area contributed by atoms with E-state index >= 15 is 0 Å². The molecule has 0 radical (unpaired) electrons. The van der Waals surface area contributed by atoms with E-state index in [4.69, 9.17) is 28.4 Å². The Hall–Kier alpha value is -1.05. The number of methoxy groups -OCH3 is 1. The van der Waals surface area contributed by atoms with E-state index in [1.807, 2.05) is 27.7 Å². The topological polar surface area (TPSA) is 210 Å². The first kappa shape index (κ1) is 47.3. The van der Waals surface area contributed by atoms with Crippen LogP contribution in [0.15, 0.2) is 0 Å². The van der Waals surface area contributed by atoms with Crippen molar-refractivity contribution in [1.82, 2.24) is 16.0 Å². The van der Waals surface area contributed by atoms with Gasteiger partial charge in [-0.25, -0.2) is 0 Å². The Morgan fingerprint density at radius 1 is 0.944 bits per heavy atom. The zero-order valence-electron chi connectivity index (χ0n) is 34.9. The molecule has 0 spiro atoms. The maximum absolute atomic E-state index is 14.1. The Bertz CT molecular complexity index is 1150. The highest BCUT2D eigenvalue weighted by Gasteiger charge is 2.58. The van der Waals surface area contributed by atoms with Crippen LogP contribution in [0.1, 0.15) is 101 Å². The van der Waals surface area contributed by atoms with Gasteiger partial charge < -0.3 is 69.9 Å². The van der Waals surface area contributed by atoms with Crippen LogP contribution in [0.4, 0.5) is 0 Å². The lowest BCUT2D eigenvalue weighted by Gasteiger charge is -2.53. The van der Waals surface area contributed by atoms with E-state index in [2.05, 4.69) is 16.0 Å². The van der Waals surface area contributed by atoms with E-state index < -0.39 is 96.0 Å². The number of hydrogen-bond donors (Lipinski definition) is 8. The normalized spacial score (nSPS) is 47.7. The van der Waals surface area contributed by atoms with Crippen LogP contribution >= 0.6 is 0 Å². The van der Waals surface area contributed by atoms with Crippen LogP contribution in [0.25, 0.3) is 0 Å². The molecule has 0 aromatic rings. The van der Waals surface area contributed by atoms with Crippen LogP contribution in [0.3, 0.4) is 0 Å². The summed E-state index contributed by atoms with van der Waals surface area (Å²) in [6, 6.07) is -0.892. The first-order valence-corrected chi connectivity index (χ1v) is 20.2. The fraction of sp³-hybridized carbons (Fsp3) is 0.974. The van der Waals surface area contributed by atoms with Crippen LogP contribution in [0, 0.1) is 17.8 Å². The predicted molar refractivity (Wildman–Crippen MR) is 202 cm³/mol. The van der Waals surface area contributed by atoms with E-state index in [0.29, 0.717) is 19.5 Å². The molecule has 0 saturated carbocycles. The van der Waals surface area contributed by atoms with Gasteiger partial charge in [0.25, 0.3) is 0 Å². The molecule has 0 aliphatic carbocycles. The van der Waals surface area contributed by atoms with E-state index in [1.54, 1.807) is 48.6 Å². The Balaban J connectivity index is 2.12. The highest BCUT2D eigenvalue weighted by atomic mass is 16.7. The maximum atomic E-state index is 14.1. The number of ether oxygens (including phenoxy) is 6. The van der Waals surface area contributed by atoms with E-state index in [-0.39, 0.29) is 43.9 Å². The standard InChI is InChI=1S/C39H75N3O12/c1-13-15-41-20-39(48)26(8)51-29(18-38(39,10)49-12)53-33-23(5)34(54-36-31(44)27(40-11)16-22(4)50-36)37(9,47)17-21(3)19-42-25(7)30(43)32(45)28(14-2)52-35(46)24(33)6/h21-34,36,40-45,47-48H,13-20H2,1-12H3/t21-,22-,23+,24-,25-,26+,27+,28-,29+,30-,31-,32-,33+,34-,36+,37-,38-,39+/m1/s1. The minimum Gasteiger partial charge on any atom is -0.459 e. The molecule has 18 atom stereocenters. The number of hydrogen-bond acceptors (Lipinski definition) is 15. The summed E-state index contributed by atoms with van der Waals surface area (Å²) in [5.74, 6) is -2.62. The van der Waals surface area contributed by atoms with E-state index in [0.717, 1.165) is 6.42 Å². The molecule has 318 valence electrons. The highest BCUT2D eigenvalue weighted by molar-refractivity contribution is 5.73. The number of carbonyl (C=O) groups excluding carboxylic acids is 1. The molecule has 0 amide bonds. The molecule has 15 heteroatoms. The SMILES string of the molecule is CCCNC[C@]1(O)[C@H](C)O[C@@H](O[C@H]2[C@H](C)[C@@H](O[C@@H]3O[C@H](C)C[C@H](NC)[C@H]3O)[C@](C)(O)C[C@@H](C)CN[C@H](C)[C@@H](O)[C@H](O)[C@@H](CC)OC(=O)[C@@H]2C)C[C@@]1(C)OC. The summed E-state index contributed by atoms with van der Waals surface area (Å²) >= 11 is 0. The molecule has 0 unspecified atom stereocenters. The molecule has 3 heterocycles. The van der Waals surface area contributed by atoms with Crippen molar-refractivity contribution in [2.75, 3.05) is 33.8 Å². The first-order valence-electron chi connectivity index (χ1n) is 20.2. The van der Waals surface area contributed by atoms with Crippen molar-refractivity contribution in [2.45, 2.75) is 192 Å². The quantitative estimate of drug-likeness (QED) is 0.110. The Morgan fingerprint density at radius 2 is 1.61 bits per heavy atom. The molecule has 3 fully saturated rings. The summed E-state index contributed by atoms with van der Waals surface area (Å²) in [5, 5.41) is 67.8. The van der Waals surface area contributed by atoms with Crippen LogP contribution < -0.4 is 16.0 Å². The summed E-state index contributed by atoms with van der Waals surface area (Å²) in [6.07, 6.45) is -7.95. The average Bonchev–Trinajstić information content (AvgIpc) is 3.12. The maximum Gasteiger partial charge on any atom is 0.311 e. The first-order chi connectivity index (χ1) is 25.2. The van der Waals surface area contributed by atoms with Crippen LogP contribution in [0.2, 0.25) is 0 Å². The van der Waals surface area contributed by atoms with Gasteiger partial charge in [-0.2, -0.15) is 0 Å². The molecule has 3 aliphatic heterocycles. The summed E-state index contributed by atoms with van der Waals surface area (Å²) < 4.78 is 37.9. The van der Waals surface area contributed by atoms with Crippen molar-refractivity contribution in [3.63, 3.8) is 0 Å². The molecule has 3 saturated heterocycles. The van der Waals surface area contributed by atoms with Crippen molar-refractivity contribution in [1.29, 1.82) is 0 Å². The van der Waals surface area contributed by atoms with E-state index in [9.17, 15) is 30.3 Å². The van der Waals surface area contributed by atoms with Gasteiger partial charge in [0.15, 0.2) is 12.6 Å². The summed E-state index contributed by atoms with van der Waals surface area (Å²) in [6.45, 7) is 19.4. The van der Waals surface area contributed by atoms with Gasteiger partial charge in [-0.15, -0.1) is 0 Å². The summed E-state index contributed by atoms with van der Waals surface area (Å²) in [4.78, 5) is 14.1. The Labute approximate surface area is 323 Å². The second-order valence-electron chi connectivity index (χ2n) is 16.9. The number of nitrogens with one attached hydrogen (secondary N) is 3. The highest BCUT2D eigenvalue weighted by Crippen LogP contribution is 2.43. The third-order valence-corrected chi connectivity index (χ3v) is 12.3. The molecule has 15 nitrogen and oxygen atoms in total. The van der Waals surface area contributed by atoms with Gasteiger partial charge in [0.2, 0.25) is 0 Å². The van der Waals surface area contributed by atoms with Gasteiger partial charge in [0.05, 0.1) is 42.0 Å². The van der Waals surface area contributed by atoms with Crippen LogP contribution in [0.5, 0.6) is 0 Å². The summed E-state index contributed by atoms with van der Waals surface area (Å²) in [7, 11) is 3.29. The molecular formula is C39H75N3O12. The molecule has 3 rings (SSSR count). The third kappa shape index (κ3) is 10.9. The number of aliphatic hydroxyl groups excluding tert-OH is 3. The zero-order chi connectivity index (χ0) is 40.8. The Morgan fingerprint density at radius 3 is 2.20 bits per heavy atom. The van der Waals surface area contributed by atoms with Gasteiger partial charge in [-0.3, -0.25) is 4.79 Å². The number of cyclic esters (lactones) is 1. The zero-order valence-corrected chi connectivity index (χ0v) is 34.9. The lowest BCUT2D eigenvalue weighted by atomic mass is 9.75. The van der Waals surface area contributed by atoms with Gasteiger partial charge in [0, 0.05) is 38.1 Å². The van der Waals surface area contributed by atoms with Gasteiger partial charge >= 0.3 is 5.97 Å². The number of rotatable bonds is 11. The largest absolute Gasteiger partial charge is 0.459 e. The average molecular weight is 778 g/mol. The fourth-order valence-electron chi connectivity index (χ4n) is 8.62. The van der Waals surface area contributed by atoms with Gasteiger partial charge in [0.1, 0.15) is 29.5 Å². The van der Waals surface area contributed by atoms with Crippen LogP contribution in [-0.2, 0) is 33.2 Å². The number of aliphatic hydroxyl groups is 5. The molecule has 8 N–H and O–H groups in total. The fourth-order valence-corrected chi connectivity index (χ4v) is 8.62. The minimum atomic E-state index is -1.56. The van der Waals surface area contributed by atoms with E-state index in [1.165, 1.54) is 7.11 Å². The van der Waals surface area contributed by atoms with Gasteiger partial charge in [-0.1, -0.05) is 27.7 Å². The molecule has 54 heavy (non-hydrogen) atoms. The number of likely N-dealkylation sites (N-methyl/N-ethyl adjacent to an activating group) is 1. The second kappa shape index (κ2) is 20.1. The van der Waals surface area contributed by atoms with Gasteiger partial charge in [-0.05, 0) is 93.3 Å². The monoisotopic (exact) mass is 778 g/mol. The smallest absolute Gasteiger partial charge is 0.311 e. The molecular weight excluding hydrogens is 702 g/mol. The van der Waals surface area contributed by atoms with Crippen molar-refractivity contribution >= 4 is 5.97 Å². The summed E-state index contributed by atoms with van der Waals surface area (Å²) in [5.41, 5.74) is -4.12. The molecule has 0 bridgehead atoms. The molecule has 0 aromatic carbocycles. The number of carbonyl (C=O) groups is 1. The molecule has 3 aliphatic rings. The van der Waals surface area contributed by atoms with Crippen molar-refractivity contribution < 1.29 is 58.7 Å². The molecule has 0 aromatic heterocycles. The lowest BCUT2D eigenvalue weighted by Crippen LogP contribution is -2.70. The minimum absolute atomic E-state index is 0.0972. The Kier molecular flexibility index (Phi) is 17.6. The van der Waals surface area contributed by atoms with Crippen molar-refractivity contribution in [3.05, 3.63) is 0 Å². The third-order valence-electron chi connectivity index (χ3n) is 12.3. The predicted octanol–water partition coefficient (Wildman–Crippen LogP) is 1.20. The second-order valence-corrected chi connectivity index (χ2v) is 16.9. The van der Waals surface area contributed by atoms with Crippen molar-refractivity contribution in [2.24, 2.45) is 17.8 Å².